The number of carbonyl (C=O) groups excluding carboxylic acids is 1. The van der Waals surface area contributed by atoms with Gasteiger partial charge in [0.25, 0.3) is 0 Å². The number of thioether (sulfide) groups is 1. The van der Waals surface area contributed by atoms with E-state index in [2.05, 4.69) is 73.5 Å². The second-order valence-corrected chi connectivity index (χ2v) is 7.94. The van der Waals surface area contributed by atoms with E-state index in [1.165, 1.54) is 17.3 Å². The van der Waals surface area contributed by atoms with E-state index in [1.807, 2.05) is 22.8 Å². The van der Waals surface area contributed by atoms with E-state index < -0.39 is 0 Å². The van der Waals surface area contributed by atoms with Gasteiger partial charge in [0.15, 0.2) is 11.0 Å². The molecule has 1 amide bonds. The number of benzene rings is 2. The van der Waals surface area contributed by atoms with Crippen LogP contribution < -0.4 is 5.32 Å². The van der Waals surface area contributed by atoms with E-state index >= 15 is 0 Å². The molecule has 0 unspecified atom stereocenters. The molecule has 6 heteroatoms. The van der Waals surface area contributed by atoms with Gasteiger partial charge in [-0.25, -0.2) is 0 Å². The van der Waals surface area contributed by atoms with Crippen LogP contribution in [0.25, 0.3) is 11.4 Å². The molecule has 28 heavy (non-hydrogen) atoms. The number of aryl methyl sites for hydroxylation is 1. The maximum atomic E-state index is 12.5. The van der Waals surface area contributed by atoms with Crippen LogP contribution in [0.5, 0.6) is 0 Å². The highest BCUT2D eigenvalue weighted by Gasteiger charge is 2.15. The van der Waals surface area contributed by atoms with Gasteiger partial charge in [-0.2, -0.15) is 0 Å². The number of rotatable bonds is 7. The first-order valence-corrected chi connectivity index (χ1v) is 10.5. The first-order chi connectivity index (χ1) is 13.5. The molecule has 3 rings (SSSR count). The van der Waals surface area contributed by atoms with E-state index in [0.717, 1.165) is 34.3 Å². The van der Waals surface area contributed by atoms with Gasteiger partial charge < -0.3 is 9.88 Å². The number of hydrogen-bond donors (Lipinski definition) is 1. The third kappa shape index (κ3) is 4.62. The number of amides is 1. The molecule has 0 saturated carbocycles. The zero-order valence-electron chi connectivity index (χ0n) is 16.8. The zero-order chi connectivity index (χ0) is 20.1. The van der Waals surface area contributed by atoms with Crippen LogP contribution in [-0.4, -0.2) is 26.4 Å². The van der Waals surface area contributed by atoms with Gasteiger partial charge in [0.05, 0.1) is 5.75 Å². The summed E-state index contributed by atoms with van der Waals surface area (Å²) in [6, 6.07) is 16.2. The summed E-state index contributed by atoms with van der Waals surface area (Å²) in [6.07, 6.45) is 0. The minimum absolute atomic E-state index is 0.0411. The lowest BCUT2D eigenvalue weighted by Crippen LogP contribution is -2.16. The molecular weight excluding hydrogens is 368 g/mol. The van der Waals surface area contributed by atoms with Crippen molar-refractivity contribution < 1.29 is 4.79 Å². The topological polar surface area (TPSA) is 59.8 Å². The summed E-state index contributed by atoms with van der Waals surface area (Å²) in [4.78, 5) is 12.5. The third-order valence-electron chi connectivity index (χ3n) is 4.53. The number of hydrogen-bond acceptors (Lipinski definition) is 4. The van der Waals surface area contributed by atoms with Gasteiger partial charge in [-0.3, -0.25) is 4.79 Å². The molecule has 0 aliphatic heterocycles. The Balaban J connectivity index is 1.70. The Morgan fingerprint density at radius 1 is 1.11 bits per heavy atom. The smallest absolute Gasteiger partial charge is 0.234 e. The van der Waals surface area contributed by atoms with Crippen LogP contribution in [0.2, 0.25) is 0 Å². The normalized spacial score (nSPS) is 11.0. The van der Waals surface area contributed by atoms with Crippen LogP contribution >= 0.6 is 11.8 Å². The fourth-order valence-electron chi connectivity index (χ4n) is 3.03. The second-order valence-electron chi connectivity index (χ2n) is 7.00. The molecule has 0 aliphatic rings. The molecule has 0 radical (unpaired) electrons. The standard InChI is InChI=1S/C22H26N4OS/c1-5-26-21(17-12-10-16(4)11-13-17)24-25-22(26)28-14-20(27)23-19-9-7-6-8-18(19)15(2)3/h6-13,15H,5,14H2,1-4H3,(H,23,27). The van der Waals surface area contributed by atoms with Crippen molar-refractivity contribution in [2.45, 2.75) is 45.3 Å². The maximum Gasteiger partial charge on any atom is 0.234 e. The second kappa shape index (κ2) is 9.06. The minimum atomic E-state index is -0.0411. The highest BCUT2D eigenvalue weighted by molar-refractivity contribution is 7.99. The monoisotopic (exact) mass is 394 g/mol. The van der Waals surface area contributed by atoms with Crippen molar-refractivity contribution in [1.29, 1.82) is 0 Å². The average Bonchev–Trinajstić information content (AvgIpc) is 3.10. The molecule has 0 saturated heterocycles. The lowest BCUT2D eigenvalue weighted by molar-refractivity contribution is -0.113. The predicted molar refractivity (Wildman–Crippen MR) is 116 cm³/mol. The number of nitrogens with one attached hydrogen (secondary N) is 1. The van der Waals surface area contributed by atoms with Gasteiger partial charge in [0.1, 0.15) is 0 Å². The van der Waals surface area contributed by atoms with Crippen molar-refractivity contribution in [3.05, 3.63) is 59.7 Å². The van der Waals surface area contributed by atoms with Crippen LogP contribution in [0.15, 0.2) is 53.7 Å². The Morgan fingerprint density at radius 2 is 1.82 bits per heavy atom. The van der Waals surface area contributed by atoms with Crippen molar-refractivity contribution in [3.63, 3.8) is 0 Å². The number of para-hydroxylation sites is 1. The Morgan fingerprint density at radius 3 is 2.50 bits per heavy atom. The fraction of sp³-hybridized carbons (Fsp3) is 0.318. The summed E-state index contributed by atoms with van der Waals surface area (Å²) in [5.74, 6) is 1.43. The van der Waals surface area contributed by atoms with Gasteiger partial charge in [-0.15, -0.1) is 10.2 Å². The Hall–Kier alpha value is -2.60. The minimum Gasteiger partial charge on any atom is -0.325 e. The summed E-state index contributed by atoms with van der Waals surface area (Å²) in [5, 5.41) is 12.4. The Labute approximate surface area is 170 Å². The number of nitrogens with zero attached hydrogens (tertiary/aromatic N) is 3. The molecule has 5 nitrogen and oxygen atoms in total. The van der Waals surface area contributed by atoms with Gasteiger partial charge in [0, 0.05) is 17.8 Å². The SMILES string of the molecule is CCn1c(SCC(=O)Nc2ccccc2C(C)C)nnc1-c1ccc(C)cc1. The van der Waals surface area contributed by atoms with Crippen molar-refractivity contribution in [1.82, 2.24) is 14.8 Å². The molecule has 3 aromatic rings. The zero-order valence-corrected chi connectivity index (χ0v) is 17.6. The van der Waals surface area contributed by atoms with Crippen molar-refractivity contribution in [3.8, 4) is 11.4 Å². The van der Waals surface area contributed by atoms with Crippen LogP contribution in [-0.2, 0) is 11.3 Å². The lowest BCUT2D eigenvalue weighted by atomic mass is 10.0. The van der Waals surface area contributed by atoms with E-state index in [0.29, 0.717) is 11.7 Å². The summed E-state index contributed by atoms with van der Waals surface area (Å²) in [6.45, 7) is 9.11. The summed E-state index contributed by atoms with van der Waals surface area (Å²) in [5.41, 5.74) is 4.25. The summed E-state index contributed by atoms with van der Waals surface area (Å²) < 4.78 is 2.05. The molecule has 0 atom stereocenters. The number of aromatic nitrogens is 3. The summed E-state index contributed by atoms with van der Waals surface area (Å²) in [7, 11) is 0. The van der Waals surface area contributed by atoms with E-state index in [4.69, 9.17) is 0 Å². The first-order valence-electron chi connectivity index (χ1n) is 9.51. The van der Waals surface area contributed by atoms with Gasteiger partial charge in [-0.05, 0) is 31.4 Å². The van der Waals surface area contributed by atoms with Crippen molar-refractivity contribution >= 4 is 23.4 Å². The number of carbonyl (C=O) groups is 1. The quantitative estimate of drug-likeness (QED) is 0.565. The van der Waals surface area contributed by atoms with Gasteiger partial charge in [0.2, 0.25) is 5.91 Å². The highest BCUT2D eigenvalue weighted by atomic mass is 32.2. The molecule has 1 aromatic heterocycles. The third-order valence-corrected chi connectivity index (χ3v) is 5.50. The largest absolute Gasteiger partial charge is 0.325 e. The maximum absolute atomic E-state index is 12.5. The Bertz CT molecular complexity index is 947. The van der Waals surface area contributed by atoms with Crippen LogP contribution in [0.1, 0.15) is 37.8 Å². The molecule has 1 N–H and O–H groups in total. The molecule has 0 aliphatic carbocycles. The molecule has 0 spiro atoms. The van der Waals surface area contributed by atoms with Crippen LogP contribution in [0.3, 0.4) is 0 Å². The van der Waals surface area contributed by atoms with Crippen LogP contribution in [0.4, 0.5) is 5.69 Å². The molecule has 0 fully saturated rings. The van der Waals surface area contributed by atoms with Crippen LogP contribution in [0, 0.1) is 6.92 Å². The molecule has 1 heterocycles. The molecule has 146 valence electrons. The van der Waals surface area contributed by atoms with Crippen molar-refractivity contribution in [2.75, 3.05) is 11.1 Å². The lowest BCUT2D eigenvalue weighted by Gasteiger charge is -2.13. The van der Waals surface area contributed by atoms with E-state index in [1.54, 1.807) is 0 Å². The molecule has 2 aromatic carbocycles. The number of anilines is 1. The van der Waals surface area contributed by atoms with Gasteiger partial charge in [-0.1, -0.05) is 73.6 Å². The van der Waals surface area contributed by atoms with Crippen molar-refractivity contribution in [2.24, 2.45) is 0 Å². The Kier molecular flexibility index (Phi) is 6.52. The van der Waals surface area contributed by atoms with E-state index in [-0.39, 0.29) is 5.91 Å². The first kappa shape index (κ1) is 20.1. The average molecular weight is 395 g/mol. The highest BCUT2D eigenvalue weighted by Crippen LogP contribution is 2.26. The van der Waals surface area contributed by atoms with Gasteiger partial charge >= 0.3 is 0 Å². The fourth-order valence-corrected chi connectivity index (χ4v) is 3.83. The van der Waals surface area contributed by atoms with E-state index in [9.17, 15) is 4.79 Å². The molecule has 0 bridgehead atoms. The molecular formula is C22H26N4OS. The summed E-state index contributed by atoms with van der Waals surface area (Å²) >= 11 is 1.41. The predicted octanol–water partition coefficient (Wildman–Crippen LogP) is 5.13.